The first-order valence-electron chi connectivity index (χ1n) is 7.91. The summed E-state index contributed by atoms with van der Waals surface area (Å²) in [6, 6.07) is 8.72. The van der Waals surface area contributed by atoms with E-state index in [1.807, 2.05) is 0 Å². The summed E-state index contributed by atoms with van der Waals surface area (Å²) in [5.74, 6) is -2.84. The van der Waals surface area contributed by atoms with Crippen LogP contribution < -0.4 is 10.1 Å². The van der Waals surface area contributed by atoms with Crippen LogP contribution >= 0.6 is 0 Å². The van der Waals surface area contributed by atoms with E-state index in [-0.39, 0.29) is 30.9 Å². The number of amides is 1. The number of benzene rings is 2. The molecule has 0 heterocycles. The lowest BCUT2D eigenvalue weighted by atomic mass is 10.2. The maximum atomic E-state index is 13.1. The zero-order chi connectivity index (χ0) is 20.0. The van der Waals surface area contributed by atoms with Gasteiger partial charge in [-0.1, -0.05) is 18.2 Å². The number of hydrogen-bond acceptors (Lipinski definition) is 3. The van der Waals surface area contributed by atoms with Crippen molar-refractivity contribution in [3.8, 4) is 5.75 Å². The minimum Gasteiger partial charge on any atom is -0.405 e. The van der Waals surface area contributed by atoms with E-state index in [0.29, 0.717) is 5.56 Å². The molecule has 0 saturated heterocycles. The van der Waals surface area contributed by atoms with Crippen molar-refractivity contribution in [2.24, 2.45) is 0 Å². The Kier molecular flexibility index (Phi) is 6.73. The minimum atomic E-state index is -4.79. The molecule has 9 heteroatoms. The van der Waals surface area contributed by atoms with Crippen LogP contribution in [0.5, 0.6) is 5.75 Å². The van der Waals surface area contributed by atoms with Gasteiger partial charge in [-0.15, -0.1) is 13.2 Å². The third-order valence-corrected chi connectivity index (χ3v) is 3.56. The summed E-state index contributed by atoms with van der Waals surface area (Å²) in [7, 11) is 1.63. The number of carbonyl (C=O) groups excluding carboxylic acids is 1. The Morgan fingerprint density at radius 1 is 1.11 bits per heavy atom. The van der Waals surface area contributed by atoms with Crippen molar-refractivity contribution >= 4 is 11.6 Å². The van der Waals surface area contributed by atoms with Crippen LogP contribution in [0.4, 0.5) is 27.6 Å². The second kappa shape index (κ2) is 8.81. The Morgan fingerprint density at radius 2 is 1.81 bits per heavy atom. The molecule has 0 aliphatic rings. The number of ether oxygens (including phenoxy) is 1. The molecule has 0 unspecified atom stereocenters. The number of para-hydroxylation sites is 1. The highest BCUT2D eigenvalue weighted by atomic mass is 19.4. The van der Waals surface area contributed by atoms with E-state index in [0.717, 1.165) is 12.1 Å². The van der Waals surface area contributed by atoms with Crippen LogP contribution in [-0.4, -0.2) is 30.8 Å². The fourth-order valence-electron chi connectivity index (χ4n) is 2.32. The summed E-state index contributed by atoms with van der Waals surface area (Å²) in [6.45, 7) is 0.362. The average Bonchev–Trinajstić information content (AvgIpc) is 2.57. The van der Waals surface area contributed by atoms with E-state index in [1.165, 1.54) is 24.3 Å². The van der Waals surface area contributed by atoms with Gasteiger partial charge >= 0.3 is 6.36 Å². The van der Waals surface area contributed by atoms with Crippen LogP contribution in [0.3, 0.4) is 0 Å². The normalized spacial score (nSPS) is 11.5. The zero-order valence-corrected chi connectivity index (χ0v) is 14.3. The number of nitrogens with zero attached hydrogens (tertiary/aromatic N) is 1. The molecule has 4 nitrogen and oxygen atoms in total. The number of rotatable bonds is 7. The molecule has 0 bridgehead atoms. The van der Waals surface area contributed by atoms with Crippen LogP contribution in [0.1, 0.15) is 12.0 Å². The lowest BCUT2D eigenvalue weighted by molar-refractivity contribution is -0.275. The Hall–Kier alpha value is -2.68. The van der Waals surface area contributed by atoms with E-state index in [9.17, 15) is 26.7 Å². The van der Waals surface area contributed by atoms with Gasteiger partial charge in [0.25, 0.3) is 0 Å². The van der Waals surface area contributed by atoms with Crippen LogP contribution in [-0.2, 0) is 11.3 Å². The number of halogens is 5. The van der Waals surface area contributed by atoms with Gasteiger partial charge < -0.3 is 15.0 Å². The molecule has 27 heavy (non-hydrogen) atoms. The van der Waals surface area contributed by atoms with E-state index in [4.69, 9.17) is 0 Å². The Labute approximate surface area is 152 Å². The number of alkyl halides is 3. The SMILES string of the molecule is CN(CCC(=O)Nc1ccc(F)c(F)c1)Cc1ccccc1OC(F)(F)F. The minimum absolute atomic E-state index is 0.0117. The van der Waals surface area contributed by atoms with Gasteiger partial charge in [0.1, 0.15) is 5.75 Å². The third-order valence-electron chi connectivity index (χ3n) is 3.56. The van der Waals surface area contributed by atoms with Gasteiger partial charge in [0.05, 0.1) is 0 Å². The summed E-state index contributed by atoms with van der Waals surface area (Å²) >= 11 is 0. The largest absolute Gasteiger partial charge is 0.573 e. The number of carbonyl (C=O) groups is 1. The maximum absolute atomic E-state index is 13.1. The van der Waals surface area contributed by atoms with E-state index >= 15 is 0 Å². The Bertz CT molecular complexity index is 796. The van der Waals surface area contributed by atoms with E-state index < -0.39 is 23.9 Å². The van der Waals surface area contributed by atoms with Crippen molar-refractivity contribution in [3.05, 3.63) is 59.7 Å². The Balaban J connectivity index is 1.88. The molecule has 0 atom stereocenters. The van der Waals surface area contributed by atoms with Crippen molar-refractivity contribution in [3.63, 3.8) is 0 Å². The van der Waals surface area contributed by atoms with Gasteiger partial charge in [0.15, 0.2) is 11.6 Å². The van der Waals surface area contributed by atoms with Gasteiger partial charge in [0, 0.05) is 36.8 Å². The van der Waals surface area contributed by atoms with Gasteiger partial charge in [0.2, 0.25) is 5.91 Å². The summed E-state index contributed by atoms with van der Waals surface area (Å²) in [5, 5.41) is 2.43. The molecule has 1 amide bonds. The van der Waals surface area contributed by atoms with Crippen LogP contribution in [0.15, 0.2) is 42.5 Å². The molecular formula is C18H17F5N2O2. The zero-order valence-electron chi connectivity index (χ0n) is 14.3. The van der Waals surface area contributed by atoms with Crippen LogP contribution in [0, 0.1) is 11.6 Å². The number of hydrogen-bond donors (Lipinski definition) is 1. The maximum Gasteiger partial charge on any atom is 0.573 e. The fourth-order valence-corrected chi connectivity index (χ4v) is 2.32. The fraction of sp³-hybridized carbons (Fsp3) is 0.278. The van der Waals surface area contributed by atoms with Crippen molar-refractivity contribution in [1.29, 1.82) is 0 Å². The Morgan fingerprint density at radius 3 is 2.48 bits per heavy atom. The first kappa shape index (κ1) is 20.6. The second-order valence-electron chi connectivity index (χ2n) is 5.82. The molecule has 0 fully saturated rings. The lowest BCUT2D eigenvalue weighted by Crippen LogP contribution is -2.25. The topological polar surface area (TPSA) is 41.6 Å². The smallest absolute Gasteiger partial charge is 0.405 e. The van der Waals surface area contributed by atoms with Crippen LogP contribution in [0.25, 0.3) is 0 Å². The van der Waals surface area contributed by atoms with Gasteiger partial charge in [-0.3, -0.25) is 4.79 Å². The molecule has 0 radical (unpaired) electrons. The summed E-state index contributed by atoms with van der Waals surface area (Å²) in [4.78, 5) is 13.5. The lowest BCUT2D eigenvalue weighted by Gasteiger charge is -2.19. The summed E-state index contributed by atoms with van der Waals surface area (Å²) in [6.07, 6.45) is -4.78. The van der Waals surface area contributed by atoms with Gasteiger partial charge in [-0.25, -0.2) is 8.78 Å². The van der Waals surface area contributed by atoms with Gasteiger partial charge in [-0.05, 0) is 25.2 Å². The quantitative estimate of drug-likeness (QED) is 0.719. The molecule has 1 N–H and O–H groups in total. The predicted octanol–water partition coefficient (Wildman–Crippen LogP) is 4.32. The second-order valence-corrected chi connectivity index (χ2v) is 5.82. The van der Waals surface area contributed by atoms with Crippen molar-refractivity contribution in [2.75, 3.05) is 18.9 Å². The molecule has 2 rings (SSSR count). The first-order chi connectivity index (χ1) is 12.6. The molecule has 0 saturated carbocycles. The molecule has 0 spiro atoms. The standard InChI is InChI=1S/C18H17F5N2O2/c1-25(11-12-4-2-3-5-16(12)27-18(21,22)23)9-8-17(26)24-13-6-7-14(19)15(20)10-13/h2-7,10H,8-9,11H2,1H3,(H,24,26). The summed E-state index contributed by atoms with van der Waals surface area (Å²) in [5.41, 5.74) is 0.434. The van der Waals surface area contributed by atoms with E-state index in [2.05, 4.69) is 10.1 Å². The monoisotopic (exact) mass is 388 g/mol. The van der Waals surface area contributed by atoms with E-state index in [1.54, 1.807) is 18.0 Å². The molecule has 0 aromatic heterocycles. The molecule has 0 aliphatic heterocycles. The molecular weight excluding hydrogens is 371 g/mol. The number of nitrogens with one attached hydrogen (secondary N) is 1. The van der Waals surface area contributed by atoms with Crippen molar-refractivity contribution < 1.29 is 31.5 Å². The molecule has 0 aliphatic carbocycles. The average molecular weight is 388 g/mol. The number of anilines is 1. The highest BCUT2D eigenvalue weighted by molar-refractivity contribution is 5.90. The van der Waals surface area contributed by atoms with Crippen molar-refractivity contribution in [2.45, 2.75) is 19.3 Å². The van der Waals surface area contributed by atoms with Gasteiger partial charge in [-0.2, -0.15) is 0 Å². The molecule has 2 aromatic rings. The molecule has 146 valence electrons. The predicted molar refractivity (Wildman–Crippen MR) is 89.1 cm³/mol. The first-order valence-corrected chi connectivity index (χ1v) is 7.91. The van der Waals surface area contributed by atoms with Crippen LogP contribution in [0.2, 0.25) is 0 Å². The third kappa shape index (κ3) is 6.86. The molecule has 2 aromatic carbocycles. The highest BCUT2D eigenvalue weighted by Gasteiger charge is 2.32. The van der Waals surface area contributed by atoms with Crippen molar-refractivity contribution in [1.82, 2.24) is 4.90 Å². The summed E-state index contributed by atoms with van der Waals surface area (Å²) < 4.78 is 67.3. The highest BCUT2D eigenvalue weighted by Crippen LogP contribution is 2.27.